The molecule has 0 radical (unpaired) electrons. The Morgan fingerprint density at radius 2 is 2.50 bits per heavy atom. The molecule has 0 aliphatic carbocycles. The van der Waals surface area contributed by atoms with Crippen LogP contribution in [0.3, 0.4) is 0 Å². The summed E-state index contributed by atoms with van der Waals surface area (Å²) in [6, 6.07) is -0.0163. The van der Waals surface area contributed by atoms with Crippen molar-refractivity contribution in [2.24, 2.45) is 5.73 Å². The van der Waals surface area contributed by atoms with Gasteiger partial charge in [-0.25, -0.2) is 0 Å². The van der Waals surface area contributed by atoms with Gasteiger partial charge in [-0.1, -0.05) is 12.5 Å². The number of terminal acetylenes is 1. The van der Waals surface area contributed by atoms with Gasteiger partial charge in [0.15, 0.2) is 0 Å². The quantitative estimate of drug-likeness (QED) is 0.618. The van der Waals surface area contributed by atoms with Crippen molar-refractivity contribution < 1.29 is 0 Å². The summed E-state index contributed by atoms with van der Waals surface area (Å²) < 4.78 is 0. The van der Waals surface area contributed by atoms with Gasteiger partial charge in [0, 0.05) is 11.6 Å². The maximum Gasteiger partial charge on any atom is 0.0376 e. The summed E-state index contributed by atoms with van der Waals surface area (Å²) in [4.78, 5) is 0. The van der Waals surface area contributed by atoms with Crippen molar-refractivity contribution in [1.29, 1.82) is 0 Å². The maximum atomic E-state index is 5.66. The standard InChI is InChI=1S/C8H13NS/c1-4-7(2)8(9)5-6-10-3/h1,8H,2,5-6,9H2,3H3/t8-/m0/s1. The highest BCUT2D eigenvalue weighted by Gasteiger charge is 2.02. The fourth-order valence-corrected chi connectivity index (χ4v) is 1.02. The molecule has 2 heteroatoms. The molecule has 0 saturated carbocycles. The van der Waals surface area contributed by atoms with Crippen LogP contribution in [0.5, 0.6) is 0 Å². The highest BCUT2D eigenvalue weighted by atomic mass is 32.2. The molecule has 0 aromatic rings. The Bertz CT molecular complexity index is 146. The van der Waals surface area contributed by atoms with E-state index >= 15 is 0 Å². The molecule has 0 aromatic heterocycles. The molecular weight excluding hydrogens is 142 g/mol. The molecule has 0 aliphatic rings. The van der Waals surface area contributed by atoms with Crippen molar-refractivity contribution >= 4 is 11.8 Å². The van der Waals surface area contributed by atoms with E-state index < -0.39 is 0 Å². The van der Waals surface area contributed by atoms with Gasteiger partial charge in [0.25, 0.3) is 0 Å². The first-order valence-electron chi connectivity index (χ1n) is 3.12. The molecule has 0 bridgehead atoms. The SMILES string of the molecule is C#CC(=C)[C@@H](N)CCSC. The predicted molar refractivity (Wildman–Crippen MR) is 48.9 cm³/mol. The first kappa shape index (κ1) is 9.61. The second kappa shape index (κ2) is 5.40. The summed E-state index contributed by atoms with van der Waals surface area (Å²) >= 11 is 1.77. The third-order valence-electron chi connectivity index (χ3n) is 1.27. The van der Waals surface area contributed by atoms with Crippen LogP contribution in [0.4, 0.5) is 0 Å². The summed E-state index contributed by atoms with van der Waals surface area (Å²) in [5.41, 5.74) is 6.36. The van der Waals surface area contributed by atoms with Crippen LogP contribution >= 0.6 is 11.8 Å². The highest BCUT2D eigenvalue weighted by Crippen LogP contribution is 2.04. The lowest BCUT2D eigenvalue weighted by Gasteiger charge is -2.07. The van der Waals surface area contributed by atoms with E-state index in [0.717, 1.165) is 12.2 Å². The molecular formula is C8H13NS. The lowest BCUT2D eigenvalue weighted by atomic mass is 10.1. The number of rotatable bonds is 4. The molecule has 0 saturated heterocycles. The van der Waals surface area contributed by atoms with Gasteiger partial charge >= 0.3 is 0 Å². The fraction of sp³-hybridized carbons (Fsp3) is 0.500. The van der Waals surface area contributed by atoms with E-state index in [2.05, 4.69) is 12.5 Å². The molecule has 1 atom stereocenters. The normalized spacial score (nSPS) is 12.1. The van der Waals surface area contributed by atoms with E-state index in [1.165, 1.54) is 0 Å². The van der Waals surface area contributed by atoms with Gasteiger partial charge in [0.2, 0.25) is 0 Å². The minimum atomic E-state index is -0.0163. The number of nitrogens with two attached hydrogens (primary N) is 1. The Balaban J connectivity index is 3.54. The lowest BCUT2D eigenvalue weighted by Crippen LogP contribution is -2.21. The van der Waals surface area contributed by atoms with Crippen LogP contribution in [0.25, 0.3) is 0 Å². The van der Waals surface area contributed by atoms with Crippen molar-refractivity contribution in [3.05, 3.63) is 12.2 Å². The third kappa shape index (κ3) is 3.60. The smallest absolute Gasteiger partial charge is 0.0376 e. The van der Waals surface area contributed by atoms with E-state index in [0.29, 0.717) is 5.57 Å². The van der Waals surface area contributed by atoms with Crippen molar-refractivity contribution in [1.82, 2.24) is 0 Å². The summed E-state index contributed by atoms with van der Waals surface area (Å²) in [5, 5.41) is 0. The second-order valence-corrected chi connectivity index (χ2v) is 3.04. The van der Waals surface area contributed by atoms with Crippen molar-refractivity contribution in [3.8, 4) is 12.3 Å². The molecule has 0 aromatic carbocycles. The van der Waals surface area contributed by atoms with Crippen LogP contribution in [0.2, 0.25) is 0 Å². The minimum Gasteiger partial charge on any atom is -0.323 e. The first-order chi connectivity index (χ1) is 4.72. The van der Waals surface area contributed by atoms with Crippen LogP contribution in [-0.4, -0.2) is 18.1 Å². The largest absolute Gasteiger partial charge is 0.323 e. The second-order valence-electron chi connectivity index (χ2n) is 2.06. The first-order valence-corrected chi connectivity index (χ1v) is 4.51. The van der Waals surface area contributed by atoms with Crippen molar-refractivity contribution in [2.75, 3.05) is 12.0 Å². The summed E-state index contributed by atoms with van der Waals surface area (Å²) in [6.45, 7) is 3.66. The zero-order chi connectivity index (χ0) is 7.98. The topological polar surface area (TPSA) is 26.0 Å². The van der Waals surface area contributed by atoms with Gasteiger partial charge in [-0.15, -0.1) is 6.42 Å². The summed E-state index contributed by atoms with van der Waals surface area (Å²) in [5.74, 6) is 3.49. The molecule has 0 heterocycles. The number of thioether (sulfide) groups is 1. The van der Waals surface area contributed by atoms with E-state index in [1.807, 2.05) is 6.26 Å². The Morgan fingerprint density at radius 1 is 1.90 bits per heavy atom. The Hall–Kier alpha value is -0.390. The van der Waals surface area contributed by atoms with Crippen molar-refractivity contribution in [2.45, 2.75) is 12.5 Å². The van der Waals surface area contributed by atoms with Gasteiger partial charge in [-0.3, -0.25) is 0 Å². The van der Waals surface area contributed by atoms with E-state index in [-0.39, 0.29) is 6.04 Å². The van der Waals surface area contributed by atoms with E-state index in [1.54, 1.807) is 11.8 Å². The molecule has 56 valence electrons. The summed E-state index contributed by atoms with van der Waals surface area (Å²) in [7, 11) is 0. The van der Waals surface area contributed by atoms with Gasteiger partial charge in [-0.2, -0.15) is 11.8 Å². The Morgan fingerprint density at radius 3 is 2.90 bits per heavy atom. The lowest BCUT2D eigenvalue weighted by molar-refractivity contribution is 0.770. The summed E-state index contributed by atoms with van der Waals surface area (Å²) in [6.07, 6.45) is 8.08. The molecule has 2 N–H and O–H groups in total. The van der Waals surface area contributed by atoms with Gasteiger partial charge in [0.1, 0.15) is 0 Å². The highest BCUT2D eigenvalue weighted by molar-refractivity contribution is 7.98. The molecule has 10 heavy (non-hydrogen) atoms. The van der Waals surface area contributed by atoms with Gasteiger partial charge in [-0.05, 0) is 18.4 Å². The molecule has 0 rings (SSSR count). The van der Waals surface area contributed by atoms with Crippen molar-refractivity contribution in [3.63, 3.8) is 0 Å². The molecule has 1 nitrogen and oxygen atoms in total. The zero-order valence-corrected chi connectivity index (χ0v) is 7.08. The minimum absolute atomic E-state index is 0.0163. The fourth-order valence-electron chi connectivity index (χ4n) is 0.526. The van der Waals surface area contributed by atoms with E-state index in [9.17, 15) is 0 Å². The monoisotopic (exact) mass is 155 g/mol. The van der Waals surface area contributed by atoms with Gasteiger partial charge in [0.05, 0.1) is 0 Å². The van der Waals surface area contributed by atoms with Crippen LogP contribution < -0.4 is 5.73 Å². The maximum absolute atomic E-state index is 5.66. The molecule has 0 spiro atoms. The average molecular weight is 155 g/mol. The van der Waals surface area contributed by atoms with Crippen LogP contribution in [0.1, 0.15) is 6.42 Å². The van der Waals surface area contributed by atoms with Crippen LogP contribution in [0.15, 0.2) is 12.2 Å². The number of hydrogen-bond donors (Lipinski definition) is 1. The average Bonchev–Trinajstić information content (AvgIpc) is 1.98. The molecule has 0 fully saturated rings. The van der Waals surface area contributed by atoms with Crippen LogP contribution in [-0.2, 0) is 0 Å². The van der Waals surface area contributed by atoms with Gasteiger partial charge < -0.3 is 5.73 Å². The zero-order valence-electron chi connectivity index (χ0n) is 6.26. The molecule has 0 aliphatic heterocycles. The molecule has 0 unspecified atom stereocenters. The molecule has 0 amide bonds. The van der Waals surface area contributed by atoms with E-state index in [4.69, 9.17) is 12.2 Å². The Labute approximate surface area is 67.1 Å². The van der Waals surface area contributed by atoms with Crippen LogP contribution in [0, 0.1) is 12.3 Å². The predicted octanol–water partition coefficient (Wildman–Crippen LogP) is 1.26. The third-order valence-corrected chi connectivity index (χ3v) is 1.91. The number of hydrogen-bond acceptors (Lipinski definition) is 2. The Kier molecular flexibility index (Phi) is 5.19.